The number of hydrogen-bond donors (Lipinski definition) is 2. The summed E-state index contributed by atoms with van der Waals surface area (Å²) in [5, 5.41) is 8.71. The standard InChI is InChI=1S/C10H9N3O2.ClH/c11-10(12-5-6-13-10)8-3-1-7(2-4-8)9(14)15;/h1-6H,11H2,(H,14,15);1H. The molecule has 5 nitrogen and oxygen atoms in total. The first-order chi connectivity index (χ1) is 7.12. The molecule has 0 aromatic heterocycles. The lowest BCUT2D eigenvalue weighted by Gasteiger charge is -2.17. The second-order valence-electron chi connectivity index (χ2n) is 3.16. The first kappa shape index (κ1) is 12.4. The van der Waals surface area contributed by atoms with E-state index in [0.717, 1.165) is 0 Å². The summed E-state index contributed by atoms with van der Waals surface area (Å²) in [4.78, 5) is 18.6. The van der Waals surface area contributed by atoms with Crippen LogP contribution in [0.5, 0.6) is 0 Å². The third-order valence-corrected chi connectivity index (χ3v) is 2.17. The Bertz CT molecular complexity index is 442. The molecule has 84 valence electrons. The number of benzene rings is 1. The minimum atomic E-state index is -1.09. The molecule has 1 aromatic rings. The van der Waals surface area contributed by atoms with Gasteiger partial charge in [0, 0.05) is 18.0 Å². The zero-order chi connectivity index (χ0) is 10.9. The summed E-state index contributed by atoms with van der Waals surface area (Å²) in [7, 11) is 0. The number of carboxylic acids is 1. The monoisotopic (exact) mass is 239 g/mol. The maximum absolute atomic E-state index is 10.6. The van der Waals surface area contributed by atoms with Crippen LogP contribution in [0.3, 0.4) is 0 Å². The van der Waals surface area contributed by atoms with Gasteiger partial charge in [-0.05, 0) is 12.1 Å². The molecule has 2 rings (SSSR count). The van der Waals surface area contributed by atoms with Gasteiger partial charge in [-0.2, -0.15) is 0 Å². The van der Waals surface area contributed by atoms with Crippen molar-refractivity contribution in [2.45, 2.75) is 5.79 Å². The van der Waals surface area contributed by atoms with E-state index in [4.69, 9.17) is 10.8 Å². The fourth-order valence-electron chi connectivity index (χ4n) is 1.33. The molecule has 1 aromatic carbocycles. The number of aliphatic imine (C=N–C) groups is 2. The molecule has 0 saturated heterocycles. The molecule has 0 fully saturated rings. The van der Waals surface area contributed by atoms with Gasteiger partial charge in [-0.1, -0.05) is 12.1 Å². The van der Waals surface area contributed by atoms with Crippen LogP contribution in [-0.2, 0) is 5.79 Å². The first-order valence-corrected chi connectivity index (χ1v) is 4.33. The zero-order valence-electron chi connectivity index (χ0n) is 8.20. The van der Waals surface area contributed by atoms with Gasteiger partial charge in [-0.25, -0.2) is 14.8 Å². The Labute approximate surface area is 98.1 Å². The van der Waals surface area contributed by atoms with E-state index in [9.17, 15) is 4.79 Å². The smallest absolute Gasteiger partial charge is 0.335 e. The second-order valence-corrected chi connectivity index (χ2v) is 3.16. The van der Waals surface area contributed by atoms with Crippen molar-refractivity contribution in [3.63, 3.8) is 0 Å². The summed E-state index contributed by atoms with van der Waals surface area (Å²) in [6, 6.07) is 6.19. The van der Waals surface area contributed by atoms with Gasteiger partial charge in [0.25, 0.3) is 0 Å². The van der Waals surface area contributed by atoms with Gasteiger partial charge in [-0.3, -0.25) is 5.73 Å². The lowest BCUT2D eigenvalue weighted by Crippen LogP contribution is -2.30. The summed E-state index contributed by atoms with van der Waals surface area (Å²) >= 11 is 0. The zero-order valence-corrected chi connectivity index (χ0v) is 9.02. The summed E-state index contributed by atoms with van der Waals surface area (Å²) < 4.78 is 0. The van der Waals surface area contributed by atoms with Gasteiger partial charge in [0.15, 0.2) is 0 Å². The topological polar surface area (TPSA) is 88.0 Å². The SMILES string of the molecule is Cl.NC1(c2ccc(C(=O)O)cc2)N=CC=N1. The van der Waals surface area contributed by atoms with E-state index in [1.165, 1.54) is 24.6 Å². The van der Waals surface area contributed by atoms with Crippen LogP contribution in [0.25, 0.3) is 0 Å². The van der Waals surface area contributed by atoms with Crippen LogP contribution in [0.4, 0.5) is 0 Å². The van der Waals surface area contributed by atoms with Gasteiger partial charge in [0.2, 0.25) is 5.79 Å². The van der Waals surface area contributed by atoms with Gasteiger partial charge in [0.1, 0.15) is 0 Å². The molecule has 0 aliphatic carbocycles. The third kappa shape index (κ3) is 2.10. The highest BCUT2D eigenvalue weighted by molar-refractivity contribution is 6.17. The molecule has 1 aliphatic heterocycles. The molecular formula is C10H10ClN3O2. The van der Waals surface area contributed by atoms with E-state index in [0.29, 0.717) is 5.56 Å². The van der Waals surface area contributed by atoms with Crippen LogP contribution >= 0.6 is 12.4 Å². The fraction of sp³-hybridized carbons (Fsp3) is 0.100. The minimum absolute atomic E-state index is 0. The van der Waals surface area contributed by atoms with Gasteiger partial charge < -0.3 is 5.11 Å². The van der Waals surface area contributed by atoms with E-state index in [1.54, 1.807) is 12.1 Å². The lowest BCUT2D eigenvalue weighted by molar-refractivity contribution is 0.0697. The van der Waals surface area contributed by atoms with Crippen LogP contribution in [0, 0.1) is 0 Å². The number of nitrogens with zero attached hydrogens (tertiary/aromatic N) is 2. The van der Waals surface area contributed by atoms with Crippen molar-refractivity contribution in [2.24, 2.45) is 15.7 Å². The molecule has 1 heterocycles. The van der Waals surface area contributed by atoms with E-state index < -0.39 is 11.8 Å². The Balaban J connectivity index is 0.00000128. The average molecular weight is 240 g/mol. The molecule has 0 amide bonds. The van der Waals surface area contributed by atoms with Crippen molar-refractivity contribution in [3.8, 4) is 0 Å². The van der Waals surface area contributed by atoms with Crippen LogP contribution < -0.4 is 5.73 Å². The van der Waals surface area contributed by atoms with Gasteiger partial charge >= 0.3 is 5.97 Å². The Kier molecular flexibility index (Phi) is 3.41. The number of hydrogen-bond acceptors (Lipinski definition) is 4. The molecule has 0 atom stereocenters. The second kappa shape index (κ2) is 4.42. The fourth-order valence-corrected chi connectivity index (χ4v) is 1.33. The summed E-state index contributed by atoms with van der Waals surface area (Å²) in [5.41, 5.74) is 6.74. The summed E-state index contributed by atoms with van der Waals surface area (Å²) in [6.07, 6.45) is 3.04. The normalized spacial score (nSPS) is 15.8. The average Bonchev–Trinajstić information content (AvgIpc) is 2.67. The maximum atomic E-state index is 10.6. The molecule has 3 N–H and O–H groups in total. The van der Waals surface area contributed by atoms with Crippen molar-refractivity contribution >= 4 is 30.8 Å². The molecule has 0 saturated carbocycles. The molecule has 0 bridgehead atoms. The van der Waals surface area contributed by atoms with Crippen molar-refractivity contribution in [3.05, 3.63) is 35.4 Å². The highest BCUT2D eigenvalue weighted by Gasteiger charge is 2.26. The van der Waals surface area contributed by atoms with E-state index in [-0.39, 0.29) is 18.0 Å². The number of rotatable bonds is 2. The number of carboxylic acid groups (broad SMARTS) is 1. The minimum Gasteiger partial charge on any atom is -0.478 e. The molecule has 1 aliphatic rings. The van der Waals surface area contributed by atoms with Crippen molar-refractivity contribution in [2.75, 3.05) is 0 Å². The van der Waals surface area contributed by atoms with Gasteiger partial charge in [-0.15, -0.1) is 12.4 Å². The first-order valence-electron chi connectivity index (χ1n) is 4.33. The number of nitrogens with two attached hydrogens (primary N) is 1. The van der Waals surface area contributed by atoms with E-state index in [2.05, 4.69) is 9.98 Å². The predicted molar refractivity (Wildman–Crippen MR) is 63.5 cm³/mol. The maximum Gasteiger partial charge on any atom is 0.335 e. The van der Waals surface area contributed by atoms with E-state index in [1.807, 2.05) is 0 Å². The van der Waals surface area contributed by atoms with Crippen LogP contribution in [0.15, 0.2) is 34.3 Å². The highest BCUT2D eigenvalue weighted by Crippen LogP contribution is 2.23. The quantitative estimate of drug-likeness (QED) is 0.808. The molecule has 16 heavy (non-hydrogen) atoms. The number of carbonyl (C=O) groups is 1. The Morgan fingerprint density at radius 3 is 2.12 bits per heavy atom. The number of aromatic carboxylic acids is 1. The largest absolute Gasteiger partial charge is 0.478 e. The van der Waals surface area contributed by atoms with Crippen LogP contribution in [0.1, 0.15) is 15.9 Å². The molecular weight excluding hydrogens is 230 g/mol. The summed E-state index contributed by atoms with van der Waals surface area (Å²) in [5.74, 6) is -2.05. The summed E-state index contributed by atoms with van der Waals surface area (Å²) in [6.45, 7) is 0. The van der Waals surface area contributed by atoms with Crippen molar-refractivity contribution in [1.82, 2.24) is 0 Å². The van der Waals surface area contributed by atoms with E-state index >= 15 is 0 Å². The number of halogens is 1. The lowest BCUT2D eigenvalue weighted by atomic mass is 10.1. The highest BCUT2D eigenvalue weighted by atomic mass is 35.5. The van der Waals surface area contributed by atoms with Gasteiger partial charge in [0.05, 0.1) is 5.56 Å². The van der Waals surface area contributed by atoms with Crippen molar-refractivity contribution < 1.29 is 9.90 Å². The van der Waals surface area contributed by atoms with Crippen LogP contribution in [-0.4, -0.2) is 23.5 Å². The third-order valence-electron chi connectivity index (χ3n) is 2.17. The molecule has 0 unspecified atom stereocenters. The molecule has 0 spiro atoms. The predicted octanol–water partition coefficient (Wildman–Crippen LogP) is 1.03. The van der Waals surface area contributed by atoms with Crippen LogP contribution in [0.2, 0.25) is 0 Å². The van der Waals surface area contributed by atoms with Crippen molar-refractivity contribution in [1.29, 1.82) is 0 Å². The molecule has 6 heteroatoms. The molecule has 0 radical (unpaired) electrons. The Morgan fingerprint density at radius 2 is 1.69 bits per heavy atom. The Hall–Kier alpha value is -1.72. The Morgan fingerprint density at radius 1 is 1.19 bits per heavy atom.